The van der Waals surface area contributed by atoms with Crippen molar-refractivity contribution < 1.29 is 4.74 Å². The Morgan fingerprint density at radius 1 is 0.875 bits per heavy atom. The zero-order valence-electron chi connectivity index (χ0n) is 19.1. The number of aliphatic imine (C=N–C) groups is 1. The van der Waals surface area contributed by atoms with Crippen molar-refractivity contribution in [1.82, 2.24) is 15.1 Å². The van der Waals surface area contributed by atoms with Crippen LogP contribution in [-0.4, -0.2) is 74.8 Å². The van der Waals surface area contributed by atoms with Gasteiger partial charge in [-0.25, -0.2) is 4.99 Å². The second-order valence-corrected chi connectivity index (χ2v) is 8.18. The quantitative estimate of drug-likeness (QED) is 0.340. The van der Waals surface area contributed by atoms with Gasteiger partial charge in [-0.05, 0) is 30.2 Å². The van der Waals surface area contributed by atoms with E-state index in [2.05, 4.69) is 81.5 Å². The maximum absolute atomic E-state index is 5.44. The number of ether oxygens (including phenoxy) is 1. The Bertz CT molecular complexity index is 816. The maximum atomic E-state index is 5.44. The Labute approximate surface area is 209 Å². The monoisotopic (exact) mass is 549 g/mol. The molecule has 2 aromatic rings. The highest BCUT2D eigenvalue weighted by molar-refractivity contribution is 14.0. The molecule has 0 aromatic heterocycles. The fourth-order valence-electron chi connectivity index (χ4n) is 4.17. The number of hydrogen-bond donors (Lipinski definition) is 1. The molecule has 0 spiro atoms. The molecule has 2 aliphatic heterocycles. The number of guanidine groups is 1. The summed E-state index contributed by atoms with van der Waals surface area (Å²) >= 11 is 0. The standard InChI is InChI=1S/C25H35N5O.HI/c1-2-26-25(30-14-12-29(13-15-30)24-6-4-3-5-7-24)27-20-22-8-10-23(11-9-22)21-28-16-18-31-19-17-28;/h3-11H,2,12-21H2,1H3,(H,26,27);1H. The SMILES string of the molecule is CCNC(=NCc1ccc(CN2CCOCC2)cc1)N1CCN(c2ccccc2)CC1.I. The van der Waals surface area contributed by atoms with Crippen LogP contribution in [0.3, 0.4) is 0 Å². The zero-order valence-corrected chi connectivity index (χ0v) is 21.4. The van der Waals surface area contributed by atoms with Crippen LogP contribution >= 0.6 is 24.0 Å². The molecule has 2 fully saturated rings. The summed E-state index contributed by atoms with van der Waals surface area (Å²) in [7, 11) is 0. The number of rotatable bonds is 6. The number of para-hydroxylation sites is 1. The van der Waals surface area contributed by atoms with Gasteiger partial charge >= 0.3 is 0 Å². The predicted molar refractivity (Wildman–Crippen MR) is 143 cm³/mol. The van der Waals surface area contributed by atoms with Crippen LogP contribution in [0.5, 0.6) is 0 Å². The molecule has 0 bridgehead atoms. The molecule has 0 atom stereocenters. The lowest BCUT2D eigenvalue weighted by Gasteiger charge is -2.37. The first-order chi connectivity index (χ1) is 15.3. The van der Waals surface area contributed by atoms with E-state index in [1.54, 1.807) is 0 Å². The molecule has 0 unspecified atom stereocenters. The minimum Gasteiger partial charge on any atom is -0.379 e. The van der Waals surface area contributed by atoms with Crippen molar-refractivity contribution in [3.63, 3.8) is 0 Å². The summed E-state index contributed by atoms with van der Waals surface area (Å²) < 4.78 is 5.44. The molecule has 174 valence electrons. The summed E-state index contributed by atoms with van der Waals surface area (Å²) in [6.07, 6.45) is 0. The Kier molecular flexibility index (Phi) is 10.1. The third-order valence-electron chi connectivity index (χ3n) is 5.98. The number of nitrogens with zero attached hydrogens (tertiary/aromatic N) is 4. The molecule has 2 saturated heterocycles. The van der Waals surface area contributed by atoms with Gasteiger partial charge in [0.05, 0.1) is 19.8 Å². The molecule has 32 heavy (non-hydrogen) atoms. The Morgan fingerprint density at radius 2 is 1.53 bits per heavy atom. The fourth-order valence-corrected chi connectivity index (χ4v) is 4.17. The number of halogens is 1. The van der Waals surface area contributed by atoms with Crippen molar-refractivity contribution >= 4 is 35.6 Å². The molecule has 2 aromatic carbocycles. The molecule has 0 radical (unpaired) electrons. The summed E-state index contributed by atoms with van der Waals surface area (Å²) in [5.41, 5.74) is 3.92. The fraction of sp³-hybridized carbons (Fsp3) is 0.480. The molecule has 2 aliphatic rings. The van der Waals surface area contributed by atoms with Gasteiger partial charge in [-0.15, -0.1) is 24.0 Å². The Morgan fingerprint density at radius 3 is 2.19 bits per heavy atom. The van der Waals surface area contributed by atoms with E-state index in [4.69, 9.17) is 9.73 Å². The van der Waals surface area contributed by atoms with Crippen molar-refractivity contribution in [3.05, 3.63) is 65.7 Å². The predicted octanol–water partition coefficient (Wildman–Crippen LogP) is 3.42. The molecule has 4 rings (SSSR count). The first-order valence-electron chi connectivity index (χ1n) is 11.5. The first kappa shape index (κ1) is 24.8. The van der Waals surface area contributed by atoms with Gasteiger partial charge in [0.25, 0.3) is 0 Å². The van der Waals surface area contributed by atoms with Gasteiger partial charge in [-0.3, -0.25) is 4.90 Å². The number of nitrogens with one attached hydrogen (secondary N) is 1. The van der Waals surface area contributed by atoms with Crippen LogP contribution < -0.4 is 10.2 Å². The van der Waals surface area contributed by atoms with Crippen LogP contribution in [0.4, 0.5) is 5.69 Å². The van der Waals surface area contributed by atoms with E-state index in [0.29, 0.717) is 6.54 Å². The van der Waals surface area contributed by atoms with Crippen LogP contribution in [-0.2, 0) is 17.8 Å². The van der Waals surface area contributed by atoms with Crippen molar-refractivity contribution in [1.29, 1.82) is 0 Å². The lowest BCUT2D eigenvalue weighted by atomic mass is 10.1. The molecule has 2 heterocycles. The summed E-state index contributed by atoms with van der Waals surface area (Å²) in [6, 6.07) is 19.6. The first-order valence-corrected chi connectivity index (χ1v) is 11.5. The van der Waals surface area contributed by atoms with E-state index >= 15 is 0 Å². The topological polar surface area (TPSA) is 43.3 Å². The number of hydrogen-bond acceptors (Lipinski definition) is 4. The smallest absolute Gasteiger partial charge is 0.194 e. The van der Waals surface area contributed by atoms with Gasteiger partial charge < -0.3 is 19.9 Å². The van der Waals surface area contributed by atoms with Gasteiger partial charge in [0, 0.05) is 58.0 Å². The minimum absolute atomic E-state index is 0. The van der Waals surface area contributed by atoms with Crippen LogP contribution in [0.25, 0.3) is 0 Å². The zero-order chi connectivity index (χ0) is 21.3. The number of morpholine rings is 1. The van der Waals surface area contributed by atoms with Gasteiger partial charge in [-0.2, -0.15) is 0 Å². The summed E-state index contributed by atoms with van der Waals surface area (Å²) in [4.78, 5) is 12.2. The van der Waals surface area contributed by atoms with Crippen LogP contribution in [0.1, 0.15) is 18.1 Å². The highest BCUT2D eigenvalue weighted by atomic mass is 127. The second-order valence-electron chi connectivity index (χ2n) is 8.18. The maximum Gasteiger partial charge on any atom is 0.194 e. The number of piperazine rings is 1. The van der Waals surface area contributed by atoms with Crippen molar-refractivity contribution in [2.24, 2.45) is 4.99 Å². The minimum atomic E-state index is 0. The van der Waals surface area contributed by atoms with E-state index in [9.17, 15) is 0 Å². The molecule has 0 amide bonds. The van der Waals surface area contributed by atoms with E-state index in [0.717, 1.165) is 71.5 Å². The average Bonchev–Trinajstić information content (AvgIpc) is 2.84. The molecular formula is C25H36IN5O. The third kappa shape index (κ3) is 7.08. The van der Waals surface area contributed by atoms with Gasteiger partial charge in [0.2, 0.25) is 0 Å². The Hall–Kier alpha value is -1.84. The van der Waals surface area contributed by atoms with E-state index < -0.39 is 0 Å². The lowest BCUT2D eigenvalue weighted by molar-refractivity contribution is 0.0342. The van der Waals surface area contributed by atoms with Crippen LogP contribution in [0.2, 0.25) is 0 Å². The van der Waals surface area contributed by atoms with Crippen LogP contribution in [0.15, 0.2) is 59.6 Å². The molecule has 6 nitrogen and oxygen atoms in total. The molecule has 7 heteroatoms. The van der Waals surface area contributed by atoms with E-state index in [-0.39, 0.29) is 24.0 Å². The molecule has 0 saturated carbocycles. The van der Waals surface area contributed by atoms with Crippen molar-refractivity contribution in [2.45, 2.75) is 20.0 Å². The highest BCUT2D eigenvalue weighted by Gasteiger charge is 2.19. The summed E-state index contributed by atoms with van der Waals surface area (Å²) in [6.45, 7) is 12.5. The lowest BCUT2D eigenvalue weighted by Crippen LogP contribution is -2.52. The Balaban J connectivity index is 0.00000289. The molecule has 1 N–H and O–H groups in total. The van der Waals surface area contributed by atoms with Crippen LogP contribution in [0, 0.1) is 0 Å². The third-order valence-corrected chi connectivity index (χ3v) is 5.98. The highest BCUT2D eigenvalue weighted by Crippen LogP contribution is 2.16. The van der Waals surface area contributed by atoms with Gasteiger partial charge in [-0.1, -0.05) is 42.5 Å². The summed E-state index contributed by atoms with van der Waals surface area (Å²) in [5.74, 6) is 1.02. The second kappa shape index (κ2) is 13.0. The van der Waals surface area contributed by atoms with Gasteiger partial charge in [0.1, 0.15) is 0 Å². The largest absolute Gasteiger partial charge is 0.379 e. The number of benzene rings is 2. The normalized spacial score (nSPS) is 17.7. The van der Waals surface area contributed by atoms with E-state index in [1.165, 1.54) is 16.8 Å². The summed E-state index contributed by atoms with van der Waals surface area (Å²) in [5, 5.41) is 3.48. The number of anilines is 1. The molecule has 0 aliphatic carbocycles. The molecular weight excluding hydrogens is 513 g/mol. The van der Waals surface area contributed by atoms with Gasteiger partial charge in [0.15, 0.2) is 5.96 Å². The van der Waals surface area contributed by atoms with Crippen molar-refractivity contribution in [2.75, 3.05) is 63.9 Å². The van der Waals surface area contributed by atoms with E-state index in [1.807, 2.05) is 0 Å². The average molecular weight is 550 g/mol. The van der Waals surface area contributed by atoms with Crippen molar-refractivity contribution in [3.8, 4) is 0 Å².